The smallest absolute Gasteiger partial charge is 0.330 e. The fraction of sp³-hybridized carbons (Fsp3) is 0.238. The summed E-state index contributed by atoms with van der Waals surface area (Å²) in [6, 6.07) is 15.4. The predicted octanol–water partition coefficient (Wildman–Crippen LogP) is 3.86. The van der Waals surface area contributed by atoms with Gasteiger partial charge in [-0.1, -0.05) is 30.3 Å². The van der Waals surface area contributed by atoms with E-state index in [2.05, 4.69) is 10.8 Å². The largest absolute Gasteiger partial charge is 0.466 e. The molecule has 1 heterocycles. The maximum Gasteiger partial charge on any atom is 0.330 e. The first-order valence-corrected chi connectivity index (χ1v) is 8.45. The van der Waals surface area contributed by atoms with Crippen molar-refractivity contribution in [3.63, 3.8) is 0 Å². The lowest BCUT2D eigenvalue weighted by Crippen LogP contribution is -2.31. The van der Waals surface area contributed by atoms with E-state index >= 15 is 0 Å². The van der Waals surface area contributed by atoms with E-state index in [9.17, 15) is 9.59 Å². The molecule has 0 fully saturated rings. The average Bonchev–Trinajstić information content (AvgIpc) is 2.88. The quantitative estimate of drug-likeness (QED) is 0.632. The maximum atomic E-state index is 13.0. The van der Waals surface area contributed by atoms with Crippen molar-refractivity contribution in [3.05, 3.63) is 71.3 Å². The Morgan fingerprint density at radius 3 is 2.56 bits per heavy atom. The zero-order valence-corrected chi connectivity index (χ0v) is 14.3. The van der Waals surface area contributed by atoms with E-state index in [1.54, 1.807) is 18.2 Å². The normalized spacial score (nSPS) is 14.0. The number of nitrogens with zero attached hydrogens (tertiary/aromatic N) is 1. The first-order valence-electron chi connectivity index (χ1n) is 8.45. The summed E-state index contributed by atoms with van der Waals surface area (Å²) in [5.41, 5.74) is 3.73. The SMILES string of the molecule is COC(=O)C=Cc1ccc(C(=O)N2CCCCc3ccccc32)cc1. The number of rotatable bonds is 3. The third kappa shape index (κ3) is 3.97. The van der Waals surface area contributed by atoms with Gasteiger partial charge in [-0.25, -0.2) is 4.79 Å². The second kappa shape index (κ2) is 7.79. The van der Waals surface area contributed by atoms with Gasteiger partial charge in [0.05, 0.1) is 7.11 Å². The molecular formula is C21H21NO3. The summed E-state index contributed by atoms with van der Waals surface area (Å²) in [7, 11) is 1.34. The van der Waals surface area contributed by atoms with Crippen molar-refractivity contribution >= 4 is 23.6 Å². The number of aryl methyl sites for hydroxylation is 1. The standard InChI is InChI=1S/C21H21NO3/c1-25-20(23)14-11-16-9-12-18(13-10-16)21(24)22-15-5-4-7-17-6-2-3-8-19(17)22/h2-3,6,8-14H,4-5,7,15H2,1H3. The highest BCUT2D eigenvalue weighted by Crippen LogP contribution is 2.27. The number of ether oxygens (including phenoxy) is 1. The van der Waals surface area contributed by atoms with Crippen LogP contribution < -0.4 is 4.90 Å². The van der Waals surface area contributed by atoms with Gasteiger partial charge in [-0.05, 0) is 54.7 Å². The molecule has 0 saturated carbocycles. The number of amides is 1. The van der Waals surface area contributed by atoms with Crippen LogP contribution in [-0.2, 0) is 16.0 Å². The van der Waals surface area contributed by atoms with E-state index < -0.39 is 5.97 Å². The van der Waals surface area contributed by atoms with Crippen LogP contribution in [0.15, 0.2) is 54.6 Å². The Morgan fingerprint density at radius 1 is 1.04 bits per heavy atom. The molecule has 1 amide bonds. The molecule has 25 heavy (non-hydrogen) atoms. The number of methoxy groups -OCH3 is 1. The fourth-order valence-corrected chi connectivity index (χ4v) is 3.03. The Hall–Kier alpha value is -2.88. The van der Waals surface area contributed by atoms with E-state index in [4.69, 9.17) is 0 Å². The molecule has 3 rings (SSSR count). The fourth-order valence-electron chi connectivity index (χ4n) is 3.03. The second-order valence-corrected chi connectivity index (χ2v) is 6.02. The number of esters is 1. The van der Waals surface area contributed by atoms with Gasteiger partial charge >= 0.3 is 5.97 Å². The van der Waals surface area contributed by atoms with Crippen molar-refractivity contribution in [1.29, 1.82) is 0 Å². The first kappa shape index (κ1) is 17.0. The number of benzene rings is 2. The van der Waals surface area contributed by atoms with E-state index in [1.807, 2.05) is 35.2 Å². The molecule has 0 atom stereocenters. The molecule has 0 aromatic heterocycles. The monoisotopic (exact) mass is 335 g/mol. The summed E-state index contributed by atoms with van der Waals surface area (Å²) in [6.07, 6.45) is 6.14. The molecular weight excluding hydrogens is 314 g/mol. The van der Waals surface area contributed by atoms with Crippen LogP contribution in [0.5, 0.6) is 0 Å². The number of carbonyl (C=O) groups excluding carboxylic acids is 2. The van der Waals surface area contributed by atoms with Crippen molar-refractivity contribution in [3.8, 4) is 0 Å². The zero-order valence-electron chi connectivity index (χ0n) is 14.3. The van der Waals surface area contributed by atoms with Gasteiger partial charge in [-0.2, -0.15) is 0 Å². The number of fused-ring (bicyclic) bond motifs is 1. The number of para-hydroxylation sites is 1. The lowest BCUT2D eigenvalue weighted by Gasteiger charge is -2.23. The summed E-state index contributed by atoms with van der Waals surface area (Å²) in [6.45, 7) is 0.736. The number of hydrogen-bond donors (Lipinski definition) is 0. The van der Waals surface area contributed by atoms with E-state index in [1.165, 1.54) is 18.7 Å². The highest BCUT2D eigenvalue weighted by atomic mass is 16.5. The van der Waals surface area contributed by atoms with E-state index in [0.29, 0.717) is 5.56 Å². The third-order valence-corrected chi connectivity index (χ3v) is 4.38. The minimum Gasteiger partial charge on any atom is -0.466 e. The molecule has 0 N–H and O–H groups in total. The number of anilines is 1. The topological polar surface area (TPSA) is 46.6 Å². The van der Waals surface area contributed by atoms with Gasteiger partial charge < -0.3 is 9.64 Å². The van der Waals surface area contributed by atoms with Gasteiger partial charge in [-0.15, -0.1) is 0 Å². The summed E-state index contributed by atoms with van der Waals surface area (Å²) >= 11 is 0. The van der Waals surface area contributed by atoms with Gasteiger partial charge in [0.1, 0.15) is 0 Å². The minimum atomic E-state index is -0.402. The molecule has 0 saturated heterocycles. The van der Waals surface area contributed by atoms with Crippen molar-refractivity contribution in [2.45, 2.75) is 19.3 Å². The van der Waals surface area contributed by atoms with Crippen molar-refractivity contribution < 1.29 is 14.3 Å². The highest BCUT2D eigenvalue weighted by molar-refractivity contribution is 6.06. The Balaban J connectivity index is 1.81. The molecule has 2 aromatic rings. The van der Waals surface area contributed by atoms with E-state index in [0.717, 1.165) is 37.1 Å². The highest BCUT2D eigenvalue weighted by Gasteiger charge is 2.21. The second-order valence-electron chi connectivity index (χ2n) is 6.02. The molecule has 1 aliphatic rings. The molecule has 0 radical (unpaired) electrons. The van der Waals surface area contributed by atoms with Crippen LogP contribution in [0, 0.1) is 0 Å². The van der Waals surface area contributed by atoms with Crippen LogP contribution in [0.1, 0.15) is 34.3 Å². The van der Waals surface area contributed by atoms with Crippen molar-refractivity contribution in [2.24, 2.45) is 0 Å². The zero-order chi connectivity index (χ0) is 17.6. The van der Waals surface area contributed by atoms with Gasteiger partial charge in [0.2, 0.25) is 0 Å². The Labute approximate surface area is 147 Å². The lowest BCUT2D eigenvalue weighted by atomic mass is 10.1. The molecule has 0 unspecified atom stereocenters. The minimum absolute atomic E-state index is 0.0119. The molecule has 128 valence electrons. The lowest BCUT2D eigenvalue weighted by molar-refractivity contribution is -0.134. The van der Waals surface area contributed by atoms with Crippen LogP contribution in [0.25, 0.3) is 6.08 Å². The van der Waals surface area contributed by atoms with Crippen LogP contribution in [0.4, 0.5) is 5.69 Å². The molecule has 0 spiro atoms. The van der Waals surface area contributed by atoms with E-state index in [-0.39, 0.29) is 5.91 Å². The van der Waals surface area contributed by atoms with Crippen LogP contribution in [0.3, 0.4) is 0 Å². The van der Waals surface area contributed by atoms with Crippen molar-refractivity contribution in [1.82, 2.24) is 0 Å². The molecule has 1 aliphatic heterocycles. The molecule has 4 nitrogen and oxygen atoms in total. The predicted molar refractivity (Wildman–Crippen MR) is 98.5 cm³/mol. The molecule has 0 aliphatic carbocycles. The summed E-state index contributed by atoms with van der Waals surface area (Å²) in [4.78, 5) is 26.0. The molecule has 4 heteroatoms. The Morgan fingerprint density at radius 2 is 1.80 bits per heavy atom. The van der Waals surface area contributed by atoms with Crippen LogP contribution in [0.2, 0.25) is 0 Å². The Bertz CT molecular complexity index is 793. The maximum absolute atomic E-state index is 13.0. The van der Waals surface area contributed by atoms with Crippen molar-refractivity contribution in [2.75, 3.05) is 18.6 Å². The van der Waals surface area contributed by atoms with Gasteiger partial charge in [0, 0.05) is 23.9 Å². The van der Waals surface area contributed by atoms with Crippen LogP contribution >= 0.6 is 0 Å². The summed E-state index contributed by atoms with van der Waals surface area (Å²) in [5.74, 6) is -0.390. The number of hydrogen-bond acceptors (Lipinski definition) is 3. The summed E-state index contributed by atoms with van der Waals surface area (Å²) in [5, 5.41) is 0. The van der Waals surface area contributed by atoms with Gasteiger partial charge in [0.25, 0.3) is 5.91 Å². The van der Waals surface area contributed by atoms with Gasteiger partial charge in [0.15, 0.2) is 0 Å². The first-order chi connectivity index (χ1) is 12.2. The van der Waals surface area contributed by atoms with Gasteiger partial charge in [-0.3, -0.25) is 4.79 Å². The molecule has 2 aromatic carbocycles. The average molecular weight is 335 g/mol. The molecule has 0 bridgehead atoms. The number of carbonyl (C=O) groups is 2. The van der Waals surface area contributed by atoms with Crippen LogP contribution in [-0.4, -0.2) is 25.5 Å². The Kier molecular flexibility index (Phi) is 5.29. The third-order valence-electron chi connectivity index (χ3n) is 4.38. The summed E-state index contributed by atoms with van der Waals surface area (Å²) < 4.78 is 4.57.